The third-order valence-electron chi connectivity index (χ3n) is 14.7. The molecule has 0 spiro atoms. The first kappa shape index (κ1) is 39.9. The number of thiophene rings is 1. The van der Waals surface area contributed by atoms with Gasteiger partial charge in [-0.25, -0.2) is 9.97 Å². The Bertz CT molecular complexity index is 4010. The Balaban J connectivity index is 1.16. The quantitative estimate of drug-likeness (QED) is 0.0908. The summed E-state index contributed by atoms with van der Waals surface area (Å²) in [5.41, 5.74) is 4.47. The molecule has 69 heavy (non-hydrogen) atoms. The summed E-state index contributed by atoms with van der Waals surface area (Å²) in [5.74, 6) is 0.894. The summed E-state index contributed by atoms with van der Waals surface area (Å²) in [6, 6.07) is 89.2. The number of fused-ring (bicyclic) bond motifs is 12. The number of benzene rings is 9. The molecule has 5 heterocycles. The number of anilines is 3. The van der Waals surface area contributed by atoms with E-state index in [0.29, 0.717) is 0 Å². The summed E-state index contributed by atoms with van der Waals surface area (Å²) < 4.78 is 4.85. The van der Waals surface area contributed by atoms with E-state index < -0.39 is 16.1 Å². The molecule has 7 heteroatoms. The Morgan fingerprint density at radius 3 is 1.75 bits per heavy atom. The molecule has 0 saturated heterocycles. The van der Waals surface area contributed by atoms with Crippen LogP contribution in [0.3, 0.4) is 0 Å². The zero-order valence-corrected chi connectivity index (χ0v) is 40.3. The Kier molecular flexibility index (Phi) is 9.07. The molecule has 324 valence electrons. The van der Waals surface area contributed by atoms with Crippen LogP contribution in [0.15, 0.2) is 255 Å². The fourth-order valence-corrected chi connectivity index (χ4v) is 23.2. The Morgan fingerprint density at radius 1 is 0.420 bits per heavy atom. The number of imidazole rings is 1. The minimum absolute atomic E-state index is 0.894. The zero-order valence-electron chi connectivity index (χ0n) is 37.4. The lowest BCUT2D eigenvalue weighted by Gasteiger charge is -2.46. The van der Waals surface area contributed by atoms with Crippen molar-refractivity contribution in [2.45, 2.75) is 0 Å². The van der Waals surface area contributed by atoms with Crippen LogP contribution in [0, 0.1) is 0 Å². The van der Waals surface area contributed by atoms with Crippen LogP contribution >= 0.6 is 11.3 Å². The molecule has 0 N–H and O–H groups in total. The predicted molar refractivity (Wildman–Crippen MR) is 296 cm³/mol. The number of pyridine rings is 2. The van der Waals surface area contributed by atoms with Gasteiger partial charge in [-0.05, 0) is 89.3 Å². The molecule has 0 atom stereocenters. The Hall–Kier alpha value is -8.21. The van der Waals surface area contributed by atoms with Crippen molar-refractivity contribution in [3.8, 4) is 0 Å². The van der Waals surface area contributed by atoms with E-state index >= 15 is 0 Å². The van der Waals surface area contributed by atoms with Crippen molar-refractivity contribution in [3.63, 3.8) is 0 Å². The van der Waals surface area contributed by atoms with Gasteiger partial charge in [-0.1, -0.05) is 194 Å². The largest absolute Gasteiger partial charge is 0.299 e. The maximum absolute atomic E-state index is 5.22. The van der Waals surface area contributed by atoms with E-state index in [1.807, 2.05) is 29.8 Å². The van der Waals surface area contributed by atoms with Crippen molar-refractivity contribution in [2.24, 2.45) is 0 Å². The molecule has 0 saturated carbocycles. The predicted octanol–water partition coefficient (Wildman–Crippen LogP) is 9.94. The first-order chi connectivity index (χ1) is 34.2. The highest BCUT2D eigenvalue weighted by Gasteiger charge is 2.52. The lowest BCUT2D eigenvalue weighted by Crippen LogP contribution is -2.78. The monoisotopic (exact) mass is 930 g/mol. The Labute approximate surface area is 405 Å². The zero-order chi connectivity index (χ0) is 45.5. The summed E-state index contributed by atoms with van der Waals surface area (Å²) in [6.45, 7) is 0. The highest BCUT2D eigenvalue weighted by molar-refractivity contribution is 7.28. The molecule has 4 nitrogen and oxygen atoms in total. The van der Waals surface area contributed by atoms with Crippen LogP contribution in [0.1, 0.15) is 0 Å². The average Bonchev–Trinajstić information content (AvgIpc) is 4.08. The molecule has 1 aliphatic rings. The minimum Gasteiger partial charge on any atom is -0.299 e. The molecule has 1 aliphatic heterocycles. The van der Waals surface area contributed by atoms with Crippen molar-refractivity contribution in [1.82, 2.24) is 14.4 Å². The van der Waals surface area contributed by atoms with Gasteiger partial charge >= 0.3 is 0 Å². The second-order valence-corrected chi connectivity index (χ2v) is 26.6. The molecule has 13 aromatic rings. The van der Waals surface area contributed by atoms with Crippen LogP contribution in [-0.2, 0) is 0 Å². The lowest BCUT2D eigenvalue weighted by atomic mass is 10.1. The standard InChI is InChI=1S/C62H42N4SSi2/c1-5-19-43(20-6-1)68(44-21-7-2-8-22-44,47-32-34-49-50-27-13-15-29-53(50)65-40-39-64-62(65)52(49)41-47)48-33-37-58-55(42-48)66(59-31-17-18-38-63-59)54-35-36-57-60(51-28-14-16-30-56(51)67-57)61(54)69(58,45-23-9-3-10-24-45)46-25-11-4-12-26-46/h1-42H. The van der Waals surface area contributed by atoms with E-state index in [-0.39, 0.29) is 0 Å². The summed E-state index contributed by atoms with van der Waals surface area (Å²) >= 11 is 1.89. The number of hydrogen-bond acceptors (Lipinski definition) is 4. The molecule has 0 fully saturated rings. The summed E-state index contributed by atoms with van der Waals surface area (Å²) in [4.78, 5) is 12.8. The van der Waals surface area contributed by atoms with Crippen molar-refractivity contribution >= 4 is 134 Å². The fourth-order valence-electron chi connectivity index (χ4n) is 12.0. The first-order valence-corrected chi connectivity index (χ1v) is 28.4. The minimum atomic E-state index is -3.17. The van der Waals surface area contributed by atoms with Crippen molar-refractivity contribution < 1.29 is 0 Å². The maximum Gasteiger partial charge on any atom is 0.184 e. The van der Waals surface area contributed by atoms with Crippen LogP contribution in [0.5, 0.6) is 0 Å². The third kappa shape index (κ3) is 5.72. The van der Waals surface area contributed by atoms with Crippen LogP contribution in [0.4, 0.5) is 17.2 Å². The van der Waals surface area contributed by atoms with E-state index in [0.717, 1.165) is 22.4 Å². The van der Waals surface area contributed by atoms with Gasteiger partial charge in [-0.2, -0.15) is 0 Å². The van der Waals surface area contributed by atoms with Gasteiger partial charge in [-0.3, -0.25) is 9.30 Å². The molecule has 0 unspecified atom stereocenters. The Morgan fingerprint density at radius 2 is 1.04 bits per heavy atom. The van der Waals surface area contributed by atoms with Crippen molar-refractivity contribution in [3.05, 3.63) is 255 Å². The molecule has 9 aromatic carbocycles. The van der Waals surface area contributed by atoms with Crippen LogP contribution in [-0.4, -0.2) is 30.5 Å². The fraction of sp³-hybridized carbons (Fsp3) is 0. The molecule has 0 aliphatic carbocycles. The highest BCUT2D eigenvalue weighted by Crippen LogP contribution is 2.43. The number of rotatable bonds is 7. The van der Waals surface area contributed by atoms with E-state index in [2.05, 4.69) is 246 Å². The van der Waals surface area contributed by atoms with Crippen LogP contribution in [0.25, 0.3) is 47.5 Å². The van der Waals surface area contributed by atoms with E-state index in [1.165, 1.54) is 83.8 Å². The van der Waals surface area contributed by atoms with E-state index in [1.54, 1.807) is 0 Å². The van der Waals surface area contributed by atoms with Crippen LogP contribution in [0.2, 0.25) is 0 Å². The smallest absolute Gasteiger partial charge is 0.184 e. The second-order valence-electron chi connectivity index (χ2n) is 18.0. The van der Waals surface area contributed by atoms with Gasteiger partial charge in [0.15, 0.2) is 16.1 Å². The van der Waals surface area contributed by atoms with E-state index in [4.69, 9.17) is 9.97 Å². The molecule has 0 amide bonds. The first-order valence-electron chi connectivity index (χ1n) is 23.6. The van der Waals surface area contributed by atoms with Gasteiger partial charge in [0.25, 0.3) is 0 Å². The normalized spacial score (nSPS) is 13.3. The third-order valence-corrected chi connectivity index (χ3v) is 25.5. The highest BCUT2D eigenvalue weighted by atomic mass is 32.1. The number of nitrogens with zero attached hydrogens (tertiary/aromatic N) is 4. The van der Waals surface area contributed by atoms with Gasteiger partial charge in [0.1, 0.15) is 11.5 Å². The lowest BCUT2D eigenvalue weighted by molar-refractivity contribution is 1.19. The molecular formula is C62H42N4SSi2. The van der Waals surface area contributed by atoms with Gasteiger partial charge in [0, 0.05) is 60.9 Å². The molecular weight excluding hydrogens is 889 g/mol. The summed E-state index contributed by atoms with van der Waals surface area (Å²) in [7, 11) is -6.33. The second kappa shape index (κ2) is 15.7. The molecule has 0 bridgehead atoms. The van der Waals surface area contributed by atoms with Gasteiger partial charge in [0.05, 0.1) is 5.52 Å². The summed E-state index contributed by atoms with van der Waals surface area (Å²) in [6.07, 6.45) is 5.97. The van der Waals surface area contributed by atoms with E-state index in [9.17, 15) is 0 Å². The van der Waals surface area contributed by atoms with Gasteiger partial charge in [-0.15, -0.1) is 11.3 Å². The molecule has 0 radical (unpaired) electrons. The number of aromatic nitrogens is 3. The van der Waals surface area contributed by atoms with Gasteiger partial charge < -0.3 is 0 Å². The maximum atomic E-state index is 5.22. The molecule has 14 rings (SSSR count). The van der Waals surface area contributed by atoms with Crippen LogP contribution < -0.4 is 46.4 Å². The average molecular weight is 931 g/mol. The topological polar surface area (TPSA) is 33.4 Å². The van der Waals surface area contributed by atoms with Crippen molar-refractivity contribution in [1.29, 1.82) is 0 Å². The molecule has 4 aromatic heterocycles. The summed E-state index contributed by atoms with van der Waals surface area (Å²) in [5, 5.41) is 16.9. The number of hydrogen-bond donors (Lipinski definition) is 0. The SMILES string of the molecule is c1ccc([Si](c2ccccc2)(c2ccc3c(c2)N(c2ccccn2)c2ccc4sc5ccccc5c4c2[Si]3(c2ccccc2)c2ccccc2)c2ccc3c4ccccc4n4ccnc4c3c2)cc1. The van der Waals surface area contributed by atoms with Gasteiger partial charge in [0.2, 0.25) is 0 Å². The number of para-hydroxylation sites is 1. The van der Waals surface area contributed by atoms with Crippen molar-refractivity contribution in [2.75, 3.05) is 4.90 Å².